The van der Waals surface area contributed by atoms with Crippen molar-refractivity contribution in [2.24, 2.45) is 11.8 Å². The van der Waals surface area contributed by atoms with Crippen LogP contribution in [0.1, 0.15) is 44.1 Å². The summed E-state index contributed by atoms with van der Waals surface area (Å²) in [6, 6.07) is 5.69. The molecule has 2 aliphatic rings. The number of hydrogen-bond acceptors (Lipinski definition) is 1. The van der Waals surface area contributed by atoms with Crippen molar-refractivity contribution in [3.8, 4) is 0 Å². The van der Waals surface area contributed by atoms with Crippen molar-refractivity contribution >= 4 is 23.2 Å². The first-order valence-corrected chi connectivity index (χ1v) is 7.98. The molecule has 0 heterocycles. The molecule has 104 valence electrons. The Kier molecular flexibility index (Phi) is 3.81. The largest absolute Gasteiger partial charge is 0.390 e. The molecule has 2 saturated carbocycles. The lowest BCUT2D eigenvalue weighted by molar-refractivity contribution is -0.0195. The number of halogens is 2. The maximum atomic E-state index is 10.9. The molecule has 1 N–H and O–H groups in total. The van der Waals surface area contributed by atoms with Gasteiger partial charge in [0.15, 0.2) is 0 Å². The molecule has 3 heteroatoms. The molecule has 2 aliphatic carbocycles. The van der Waals surface area contributed by atoms with Crippen molar-refractivity contribution in [3.05, 3.63) is 33.8 Å². The number of rotatable bonds is 3. The summed E-state index contributed by atoms with van der Waals surface area (Å²) in [6.07, 6.45) is 7.76. The van der Waals surface area contributed by atoms with Crippen molar-refractivity contribution in [1.29, 1.82) is 0 Å². The first-order valence-electron chi connectivity index (χ1n) is 7.22. The van der Waals surface area contributed by atoms with E-state index in [2.05, 4.69) is 0 Å². The minimum Gasteiger partial charge on any atom is -0.390 e. The van der Waals surface area contributed by atoms with Gasteiger partial charge in [-0.1, -0.05) is 35.7 Å². The summed E-state index contributed by atoms with van der Waals surface area (Å²) < 4.78 is 0. The lowest BCUT2D eigenvalue weighted by Gasteiger charge is -2.37. The zero-order valence-electron chi connectivity index (χ0n) is 11.0. The van der Waals surface area contributed by atoms with Crippen LogP contribution in [0.15, 0.2) is 18.2 Å². The van der Waals surface area contributed by atoms with Crippen LogP contribution in [0.25, 0.3) is 0 Å². The summed E-state index contributed by atoms with van der Waals surface area (Å²) in [5.74, 6) is 1.63. The average molecular weight is 299 g/mol. The van der Waals surface area contributed by atoms with Gasteiger partial charge in [-0.3, -0.25) is 0 Å². The van der Waals surface area contributed by atoms with E-state index in [-0.39, 0.29) is 0 Å². The monoisotopic (exact) mass is 298 g/mol. The van der Waals surface area contributed by atoms with Crippen LogP contribution in [-0.2, 0) is 6.42 Å². The normalized spacial score (nSPS) is 31.4. The summed E-state index contributed by atoms with van der Waals surface area (Å²) in [7, 11) is 0. The van der Waals surface area contributed by atoms with Gasteiger partial charge < -0.3 is 5.11 Å². The van der Waals surface area contributed by atoms with Gasteiger partial charge in [0.05, 0.1) is 15.6 Å². The Balaban J connectivity index is 1.71. The molecule has 2 fully saturated rings. The molecule has 0 amide bonds. The van der Waals surface area contributed by atoms with Crippen LogP contribution in [-0.4, -0.2) is 10.7 Å². The topological polar surface area (TPSA) is 20.2 Å². The van der Waals surface area contributed by atoms with Crippen LogP contribution in [0.5, 0.6) is 0 Å². The standard InChI is InChI=1S/C16H20Cl2O/c17-14-6-3-11(8-15(14)18)9-16(19)7-1-2-13(10-16)12-4-5-12/h3,6,8,12-13,19H,1-2,4-5,7,9-10H2. The third-order valence-corrected chi connectivity index (χ3v) is 5.40. The molecular formula is C16H20Cl2O. The van der Waals surface area contributed by atoms with Crippen LogP contribution in [0.3, 0.4) is 0 Å². The maximum Gasteiger partial charge on any atom is 0.0690 e. The van der Waals surface area contributed by atoms with Gasteiger partial charge in [0, 0.05) is 6.42 Å². The van der Waals surface area contributed by atoms with E-state index in [9.17, 15) is 5.11 Å². The van der Waals surface area contributed by atoms with E-state index in [0.717, 1.165) is 36.7 Å². The fourth-order valence-corrected chi connectivity index (χ4v) is 3.87. The van der Waals surface area contributed by atoms with Crippen LogP contribution >= 0.6 is 23.2 Å². The van der Waals surface area contributed by atoms with Crippen molar-refractivity contribution in [3.63, 3.8) is 0 Å². The Morgan fingerprint density at radius 3 is 2.58 bits per heavy atom. The van der Waals surface area contributed by atoms with E-state index in [4.69, 9.17) is 23.2 Å². The fourth-order valence-electron chi connectivity index (χ4n) is 3.55. The first-order chi connectivity index (χ1) is 9.06. The van der Waals surface area contributed by atoms with E-state index < -0.39 is 5.60 Å². The Morgan fingerprint density at radius 2 is 1.89 bits per heavy atom. The zero-order chi connectivity index (χ0) is 13.5. The summed E-state index contributed by atoms with van der Waals surface area (Å²) >= 11 is 12.0. The quantitative estimate of drug-likeness (QED) is 0.844. The molecule has 19 heavy (non-hydrogen) atoms. The molecule has 1 nitrogen and oxygen atoms in total. The molecule has 0 radical (unpaired) electrons. The third kappa shape index (κ3) is 3.26. The third-order valence-electron chi connectivity index (χ3n) is 4.67. The maximum absolute atomic E-state index is 10.9. The number of benzene rings is 1. The molecular weight excluding hydrogens is 279 g/mol. The van der Waals surface area contributed by atoms with E-state index >= 15 is 0 Å². The van der Waals surface area contributed by atoms with E-state index in [1.165, 1.54) is 19.3 Å². The lowest BCUT2D eigenvalue weighted by Crippen LogP contribution is -2.38. The highest BCUT2D eigenvalue weighted by Gasteiger charge is 2.40. The fraction of sp³-hybridized carbons (Fsp3) is 0.625. The second-order valence-electron chi connectivity index (χ2n) is 6.34. The number of aliphatic hydroxyl groups is 1. The van der Waals surface area contributed by atoms with Gasteiger partial charge in [-0.2, -0.15) is 0 Å². The van der Waals surface area contributed by atoms with Crippen molar-refractivity contribution in [2.45, 2.75) is 50.5 Å². The second kappa shape index (κ2) is 5.27. The Hall–Kier alpha value is -0.240. The van der Waals surface area contributed by atoms with Gasteiger partial charge in [-0.25, -0.2) is 0 Å². The van der Waals surface area contributed by atoms with E-state index in [1.54, 1.807) is 0 Å². The van der Waals surface area contributed by atoms with Gasteiger partial charge in [-0.05, 0) is 61.6 Å². The summed E-state index contributed by atoms with van der Waals surface area (Å²) in [4.78, 5) is 0. The summed E-state index contributed by atoms with van der Waals surface area (Å²) in [5, 5.41) is 12.0. The van der Waals surface area contributed by atoms with E-state index in [0.29, 0.717) is 16.5 Å². The van der Waals surface area contributed by atoms with Crippen molar-refractivity contribution in [2.75, 3.05) is 0 Å². The molecule has 0 saturated heterocycles. The van der Waals surface area contributed by atoms with Crippen LogP contribution in [0.4, 0.5) is 0 Å². The van der Waals surface area contributed by atoms with Crippen LogP contribution < -0.4 is 0 Å². The van der Waals surface area contributed by atoms with Crippen molar-refractivity contribution < 1.29 is 5.11 Å². The van der Waals surface area contributed by atoms with Gasteiger partial charge in [0.1, 0.15) is 0 Å². The molecule has 2 atom stereocenters. The van der Waals surface area contributed by atoms with Gasteiger partial charge >= 0.3 is 0 Å². The average Bonchev–Trinajstić information content (AvgIpc) is 3.18. The number of hydrogen-bond donors (Lipinski definition) is 1. The lowest BCUT2D eigenvalue weighted by atomic mass is 9.73. The van der Waals surface area contributed by atoms with E-state index in [1.807, 2.05) is 18.2 Å². The highest BCUT2D eigenvalue weighted by Crippen LogP contribution is 2.47. The Labute approximate surface area is 124 Å². The summed E-state index contributed by atoms with van der Waals surface area (Å²) in [6.45, 7) is 0. The minimum atomic E-state index is -0.539. The smallest absolute Gasteiger partial charge is 0.0690 e. The Bertz CT molecular complexity index is 470. The highest BCUT2D eigenvalue weighted by molar-refractivity contribution is 6.42. The molecule has 0 aromatic heterocycles. The summed E-state index contributed by atoms with van der Waals surface area (Å²) in [5.41, 5.74) is 0.552. The molecule has 1 aromatic rings. The Morgan fingerprint density at radius 1 is 1.11 bits per heavy atom. The van der Waals surface area contributed by atoms with Crippen molar-refractivity contribution in [1.82, 2.24) is 0 Å². The predicted octanol–water partition coefficient (Wildman–Crippen LogP) is 4.87. The SMILES string of the molecule is OC1(Cc2ccc(Cl)c(Cl)c2)CCCC(C2CC2)C1. The van der Waals surface area contributed by atoms with Crippen LogP contribution in [0.2, 0.25) is 10.0 Å². The predicted molar refractivity (Wildman–Crippen MR) is 79.8 cm³/mol. The molecule has 1 aromatic carbocycles. The second-order valence-corrected chi connectivity index (χ2v) is 7.16. The highest BCUT2D eigenvalue weighted by atomic mass is 35.5. The van der Waals surface area contributed by atoms with Gasteiger partial charge in [-0.15, -0.1) is 0 Å². The molecule has 0 bridgehead atoms. The van der Waals surface area contributed by atoms with Gasteiger partial charge in [0.2, 0.25) is 0 Å². The molecule has 3 rings (SSSR count). The first kappa shape index (κ1) is 13.7. The molecule has 0 spiro atoms. The van der Waals surface area contributed by atoms with Gasteiger partial charge in [0.25, 0.3) is 0 Å². The minimum absolute atomic E-state index is 0.539. The zero-order valence-corrected chi connectivity index (χ0v) is 12.6. The molecule has 0 aliphatic heterocycles. The van der Waals surface area contributed by atoms with Crippen LogP contribution in [0, 0.1) is 11.8 Å². The molecule has 2 unspecified atom stereocenters.